The van der Waals surface area contributed by atoms with Crippen LogP contribution < -0.4 is 10.6 Å². The van der Waals surface area contributed by atoms with Gasteiger partial charge in [0.2, 0.25) is 0 Å². The molecule has 0 saturated heterocycles. The highest BCUT2D eigenvalue weighted by Crippen LogP contribution is 2.28. The van der Waals surface area contributed by atoms with E-state index in [0.717, 1.165) is 5.56 Å². The Labute approximate surface area is 122 Å². The summed E-state index contributed by atoms with van der Waals surface area (Å²) in [6, 6.07) is 7.81. The van der Waals surface area contributed by atoms with E-state index in [4.69, 9.17) is 0 Å². The van der Waals surface area contributed by atoms with E-state index in [9.17, 15) is 8.78 Å². The largest absolute Gasteiger partial charge is 0.379 e. The molecule has 5 heteroatoms. The van der Waals surface area contributed by atoms with Crippen molar-refractivity contribution >= 4 is 23.4 Å². The molecule has 2 aromatic rings. The van der Waals surface area contributed by atoms with Crippen LogP contribution in [0.2, 0.25) is 0 Å². The SMILES string of the molecule is CN/C=N\c1cc(C)c(Nc2ccc(C)c(F)c2)cc1F. The monoisotopic (exact) mass is 289 g/mol. The zero-order valence-corrected chi connectivity index (χ0v) is 12.2. The molecule has 21 heavy (non-hydrogen) atoms. The average molecular weight is 289 g/mol. The van der Waals surface area contributed by atoms with Gasteiger partial charge < -0.3 is 10.6 Å². The molecule has 0 amide bonds. The van der Waals surface area contributed by atoms with E-state index in [1.165, 1.54) is 18.5 Å². The number of aryl methyl sites for hydroxylation is 2. The van der Waals surface area contributed by atoms with Crippen LogP contribution in [-0.2, 0) is 0 Å². The Kier molecular flexibility index (Phi) is 4.52. The molecule has 0 aliphatic heterocycles. The van der Waals surface area contributed by atoms with Gasteiger partial charge in [0.1, 0.15) is 11.5 Å². The molecule has 0 saturated carbocycles. The Hall–Kier alpha value is -2.43. The summed E-state index contributed by atoms with van der Waals surface area (Å²) in [5, 5.41) is 5.73. The number of hydrogen-bond acceptors (Lipinski definition) is 2. The number of anilines is 2. The van der Waals surface area contributed by atoms with Crippen LogP contribution in [0.5, 0.6) is 0 Å². The van der Waals surface area contributed by atoms with Crippen molar-refractivity contribution in [3.05, 3.63) is 53.1 Å². The van der Waals surface area contributed by atoms with Gasteiger partial charge >= 0.3 is 0 Å². The molecule has 2 N–H and O–H groups in total. The maximum atomic E-state index is 13.9. The van der Waals surface area contributed by atoms with Gasteiger partial charge in [0.25, 0.3) is 0 Å². The fourth-order valence-electron chi connectivity index (χ4n) is 1.86. The number of nitrogens with one attached hydrogen (secondary N) is 2. The van der Waals surface area contributed by atoms with Gasteiger partial charge in [-0.2, -0.15) is 0 Å². The molecule has 0 aliphatic carbocycles. The lowest BCUT2D eigenvalue weighted by molar-refractivity contribution is 0.619. The van der Waals surface area contributed by atoms with E-state index in [1.807, 2.05) is 6.92 Å². The maximum Gasteiger partial charge on any atom is 0.150 e. The van der Waals surface area contributed by atoms with Gasteiger partial charge in [-0.25, -0.2) is 13.8 Å². The summed E-state index contributed by atoms with van der Waals surface area (Å²) in [4.78, 5) is 3.96. The van der Waals surface area contributed by atoms with E-state index in [0.29, 0.717) is 16.9 Å². The molecule has 0 aliphatic rings. The molecule has 3 nitrogen and oxygen atoms in total. The summed E-state index contributed by atoms with van der Waals surface area (Å²) >= 11 is 0. The van der Waals surface area contributed by atoms with E-state index in [-0.39, 0.29) is 11.5 Å². The summed E-state index contributed by atoms with van der Waals surface area (Å²) in [5.41, 5.74) is 2.80. The number of rotatable bonds is 4. The van der Waals surface area contributed by atoms with Gasteiger partial charge in [-0.3, -0.25) is 0 Å². The van der Waals surface area contributed by atoms with Crippen LogP contribution in [0, 0.1) is 25.5 Å². The third kappa shape index (κ3) is 3.56. The lowest BCUT2D eigenvalue weighted by atomic mass is 10.1. The topological polar surface area (TPSA) is 36.4 Å². The van der Waals surface area contributed by atoms with Gasteiger partial charge in [-0.15, -0.1) is 0 Å². The lowest BCUT2D eigenvalue weighted by Crippen LogP contribution is -2.00. The van der Waals surface area contributed by atoms with Crippen LogP contribution >= 0.6 is 0 Å². The van der Waals surface area contributed by atoms with Crippen molar-refractivity contribution in [1.82, 2.24) is 5.32 Å². The third-order valence-electron chi connectivity index (χ3n) is 3.08. The van der Waals surface area contributed by atoms with Crippen molar-refractivity contribution in [3.8, 4) is 0 Å². The van der Waals surface area contributed by atoms with Crippen LogP contribution in [0.15, 0.2) is 35.3 Å². The molecule has 2 rings (SSSR count). The van der Waals surface area contributed by atoms with Crippen molar-refractivity contribution in [3.63, 3.8) is 0 Å². The van der Waals surface area contributed by atoms with E-state index in [2.05, 4.69) is 15.6 Å². The van der Waals surface area contributed by atoms with Crippen molar-refractivity contribution in [2.24, 2.45) is 4.99 Å². The molecule has 0 atom stereocenters. The van der Waals surface area contributed by atoms with E-state index < -0.39 is 5.82 Å². The van der Waals surface area contributed by atoms with Gasteiger partial charge in [0.05, 0.1) is 6.34 Å². The van der Waals surface area contributed by atoms with Crippen LogP contribution in [0.1, 0.15) is 11.1 Å². The zero-order valence-electron chi connectivity index (χ0n) is 12.2. The van der Waals surface area contributed by atoms with Gasteiger partial charge in [-0.1, -0.05) is 6.07 Å². The van der Waals surface area contributed by atoms with Gasteiger partial charge in [0, 0.05) is 18.4 Å². The fourth-order valence-corrected chi connectivity index (χ4v) is 1.86. The van der Waals surface area contributed by atoms with Crippen molar-refractivity contribution in [2.75, 3.05) is 12.4 Å². The van der Waals surface area contributed by atoms with Crippen molar-refractivity contribution < 1.29 is 8.78 Å². The molecule has 2 aromatic carbocycles. The molecule has 0 heterocycles. The van der Waals surface area contributed by atoms with Gasteiger partial charge in [0.15, 0.2) is 5.82 Å². The maximum absolute atomic E-state index is 13.9. The molecule has 0 radical (unpaired) electrons. The average Bonchev–Trinajstić information content (AvgIpc) is 2.45. The standard InChI is InChI=1S/C16H17F2N3/c1-10-4-5-12(7-13(10)17)21-15-8-14(18)16(6-11(15)2)20-9-19-3/h4-9,21H,1-3H3,(H,19,20). The first-order valence-corrected chi connectivity index (χ1v) is 6.54. The number of halogens is 2. The summed E-state index contributed by atoms with van der Waals surface area (Å²) in [6.45, 7) is 3.53. The van der Waals surface area contributed by atoms with Crippen LogP contribution in [-0.4, -0.2) is 13.4 Å². The Morgan fingerprint density at radius 2 is 1.76 bits per heavy atom. The van der Waals surface area contributed by atoms with E-state index in [1.54, 1.807) is 32.2 Å². The second kappa shape index (κ2) is 6.35. The second-order valence-electron chi connectivity index (χ2n) is 4.75. The zero-order chi connectivity index (χ0) is 15.4. The van der Waals surface area contributed by atoms with Crippen LogP contribution in [0.4, 0.5) is 25.8 Å². The Morgan fingerprint density at radius 1 is 1.00 bits per heavy atom. The lowest BCUT2D eigenvalue weighted by Gasteiger charge is -2.11. The first-order chi connectivity index (χ1) is 10.0. The normalized spacial score (nSPS) is 10.9. The van der Waals surface area contributed by atoms with E-state index >= 15 is 0 Å². The molecular formula is C16H17F2N3. The summed E-state index contributed by atoms with van der Waals surface area (Å²) in [7, 11) is 1.69. The molecular weight excluding hydrogens is 272 g/mol. The third-order valence-corrected chi connectivity index (χ3v) is 3.08. The minimum absolute atomic E-state index is 0.252. The molecule has 0 spiro atoms. The summed E-state index contributed by atoms with van der Waals surface area (Å²) in [5.74, 6) is -0.740. The van der Waals surface area contributed by atoms with Crippen LogP contribution in [0.25, 0.3) is 0 Å². The molecule has 0 aromatic heterocycles. The predicted octanol–water partition coefficient (Wildman–Crippen LogP) is 4.20. The van der Waals surface area contributed by atoms with Crippen molar-refractivity contribution in [1.29, 1.82) is 0 Å². The van der Waals surface area contributed by atoms with Gasteiger partial charge in [-0.05, 0) is 49.2 Å². The van der Waals surface area contributed by atoms with Crippen LogP contribution in [0.3, 0.4) is 0 Å². The number of hydrogen-bond donors (Lipinski definition) is 2. The summed E-state index contributed by atoms with van der Waals surface area (Å²) < 4.78 is 27.5. The smallest absolute Gasteiger partial charge is 0.150 e. The number of nitrogens with zero attached hydrogens (tertiary/aromatic N) is 1. The highest BCUT2D eigenvalue weighted by molar-refractivity contribution is 5.68. The second-order valence-corrected chi connectivity index (χ2v) is 4.75. The highest BCUT2D eigenvalue weighted by atomic mass is 19.1. The fraction of sp³-hybridized carbons (Fsp3) is 0.188. The Balaban J connectivity index is 2.30. The molecule has 0 fully saturated rings. The number of aliphatic imine (C=N–C) groups is 1. The highest BCUT2D eigenvalue weighted by Gasteiger charge is 2.07. The molecule has 0 bridgehead atoms. The number of benzene rings is 2. The first-order valence-electron chi connectivity index (χ1n) is 6.54. The quantitative estimate of drug-likeness (QED) is 0.653. The Bertz CT molecular complexity index is 681. The van der Waals surface area contributed by atoms with Crippen molar-refractivity contribution in [2.45, 2.75) is 13.8 Å². The predicted molar refractivity (Wildman–Crippen MR) is 82.8 cm³/mol. The minimum atomic E-state index is -0.442. The minimum Gasteiger partial charge on any atom is -0.379 e. The molecule has 0 unspecified atom stereocenters. The summed E-state index contributed by atoms with van der Waals surface area (Å²) in [6.07, 6.45) is 1.42. The first kappa shape index (κ1) is 15.0. The molecule has 110 valence electrons. The Morgan fingerprint density at radius 3 is 2.43 bits per heavy atom.